The van der Waals surface area contributed by atoms with E-state index in [9.17, 15) is 4.79 Å². The first-order valence-corrected chi connectivity index (χ1v) is 7.43. The highest BCUT2D eigenvalue weighted by molar-refractivity contribution is 5.66. The zero-order valence-electron chi connectivity index (χ0n) is 12.8. The lowest BCUT2D eigenvalue weighted by molar-refractivity contribution is -0.109. The number of amides is 1. The zero-order chi connectivity index (χ0) is 15.9. The third kappa shape index (κ3) is 4.11. The van der Waals surface area contributed by atoms with Crippen molar-refractivity contribution in [2.75, 3.05) is 7.05 Å². The lowest BCUT2D eigenvalue weighted by atomic mass is 9.98. The molecule has 1 heterocycles. The molecule has 1 aromatic heterocycles. The van der Waals surface area contributed by atoms with Crippen molar-refractivity contribution < 1.29 is 9.53 Å². The number of hydrogen-bond acceptors (Lipinski definition) is 6. The van der Waals surface area contributed by atoms with Gasteiger partial charge in [0.25, 0.3) is 0 Å². The Morgan fingerprint density at radius 2 is 2.14 bits per heavy atom. The van der Waals surface area contributed by atoms with Gasteiger partial charge in [-0.1, -0.05) is 6.42 Å². The van der Waals surface area contributed by atoms with E-state index in [0.717, 1.165) is 18.6 Å². The molecule has 0 aliphatic heterocycles. The highest BCUT2D eigenvalue weighted by Gasteiger charge is 2.15. The van der Waals surface area contributed by atoms with Crippen LogP contribution in [-0.4, -0.2) is 29.6 Å². The van der Waals surface area contributed by atoms with E-state index in [1.165, 1.54) is 24.3 Å². The fourth-order valence-corrected chi connectivity index (χ4v) is 2.53. The Hall–Kier alpha value is -2.28. The minimum Gasteiger partial charge on any atom is -0.489 e. The van der Waals surface area contributed by atoms with Gasteiger partial charge in [-0.15, -0.1) is 0 Å². The molecule has 1 amide bonds. The van der Waals surface area contributed by atoms with Crippen molar-refractivity contribution in [1.82, 2.24) is 15.3 Å². The molecular weight excluding hydrogens is 282 g/mol. The van der Waals surface area contributed by atoms with Crippen LogP contribution in [0, 0.1) is 0 Å². The molecule has 0 bridgehead atoms. The molecule has 0 atom stereocenters. The average Bonchev–Trinajstić information content (AvgIpc) is 2.53. The molecule has 0 radical (unpaired) electrons. The van der Waals surface area contributed by atoms with Gasteiger partial charge >= 0.3 is 0 Å². The van der Waals surface area contributed by atoms with E-state index >= 15 is 0 Å². The first kappa shape index (κ1) is 16.1. The van der Waals surface area contributed by atoms with Crippen LogP contribution in [-0.2, 0) is 4.79 Å². The van der Waals surface area contributed by atoms with Gasteiger partial charge in [0.1, 0.15) is 17.3 Å². The van der Waals surface area contributed by atoms with Crippen LogP contribution < -0.4 is 21.6 Å². The lowest BCUT2D eigenvalue weighted by Gasteiger charge is -2.23. The predicted molar refractivity (Wildman–Crippen MR) is 84.0 cm³/mol. The molecule has 1 fully saturated rings. The third-order valence-electron chi connectivity index (χ3n) is 3.67. The van der Waals surface area contributed by atoms with Crippen molar-refractivity contribution in [2.24, 2.45) is 11.6 Å². The van der Waals surface area contributed by atoms with Crippen LogP contribution in [0.5, 0.6) is 5.75 Å². The van der Waals surface area contributed by atoms with Crippen molar-refractivity contribution in [3.05, 3.63) is 29.8 Å². The maximum atomic E-state index is 10.6. The first-order chi connectivity index (χ1) is 10.6. The summed E-state index contributed by atoms with van der Waals surface area (Å²) in [6.07, 6.45) is 8.35. The van der Waals surface area contributed by atoms with Crippen LogP contribution in [0.3, 0.4) is 0 Å². The summed E-state index contributed by atoms with van der Waals surface area (Å²) in [6.45, 7) is 0. The second-order valence-corrected chi connectivity index (χ2v) is 5.39. The van der Waals surface area contributed by atoms with Crippen molar-refractivity contribution in [3.63, 3.8) is 0 Å². The number of hydrogen-bond donors (Lipinski definition) is 3. The van der Waals surface area contributed by atoms with Gasteiger partial charge in [0.05, 0.1) is 18.0 Å². The fourth-order valence-electron chi connectivity index (χ4n) is 2.53. The molecule has 22 heavy (non-hydrogen) atoms. The number of nitrogens with one attached hydrogen (secondary N) is 1. The van der Waals surface area contributed by atoms with Gasteiger partial charge in [-0.3, -0.25) is 14.8 Å². The maximum Gasteiger partial charge on any atom is 0.212 e. The van der Waals surface area contributed by atoms with Crippen molar-refractivity contribution in [3.8, 4) is 5.75 Å². The zero-order valence-corrected chi connectivity index (χ0v) is 12.8. The Balaban J connectivity index is 2.09. The van der Waals surface area contributed by atoms with Gasteiger partial charge in [0, 0.05) is 7.05 Å². The molecule has 1 aliphatic rings. The number of rotatable bonds is 6. The second-order valence-electron chi connectivity index (χ2n) is 5.39. The molecule has 0 aromatic carbocycles. The van der Waals surface area contributed by atoms with Crippen molar-refractivity contribution in [1.29, 1.82) is 0 Å². The highest BCUT2D eigenvalue weighted by atomic mass is 16.5. The number of aromatic nitrogens is 1. The minimum atomic E-state index is 0.275. The van der Waals surface area contributed by atoms with E-state index < -0.39 is 0 Å². The average molecular weight is 305 g/mol. The molecule has 7 heteroatoms. The Labute approximate surface area is 130 Å². The fraction of sp³-hybridized carbons (Fsp3) is 0.467. The maximum absolute atomic E-state index is 10.6. The predicted octanol–water partition coefficient (Wildman–Crippen LogP) is 0.929. The Kier molecular flexibility index (Phi) is 5.60. The largest absolute Gasteiger partial charge is 0.489 e. The minimum absolute atomic E-state index is 0.275. The van der Waals surface area contributed by atoms with Crippen LogP contribution in [0.15, 0.2) is 24.2 Å². The van der Waals surface area contributed by atoms with E-state index in [1.54, 1.807) is 19.3 Å². The Bertz CT molecular complexity index is 521. The molecule has 0 spiro atoms. The van der Waals surface area contributed by atoms with E-state index in [0.29, 0.717) is 23.6 Å². The molecule has 2 rings (SSSR count). The summed E-state index contributed by atoms with van der Waals surface area (Å²) in [7, 11) is 1.58. The number of ether oxygens (including phenoxy) is 1. The topological polar surface area (TPSA) is 106 Å². The second kappa shape index (κ2) is 7.65. The summed E-state index contributed by atoms with van der Waals surface area (Å²) in [5, 5.41) is 3.70. The number of nitrogens with two attached hydrogens (primary N) is 2. The summed E-state index contributed by atoms with van der Waals surface area (Å²) in [5.74, 6) is 6.66. The molecule has 7 nitrogen and oxygen atoms in total. The van der Waals surface area contributed by atoms with Gasteiger partial charge in [-0.05, 0) is 37.8 Å². The Morgan fingerprint density at radius 1 is 1.41 bits per heavy atom. The van der Waals surface area contributed by atoms with E-state index in [2.05, 4.69) is 10.3 Å². The van der Waals surface area contributed by atoms with Crippen LogP contribution in [0.2, 0.25) is 0 Å². The number of hydrazine groups is 1. The molecule has 1 aliphatic carbocycles. The summed E-state index contributed by atoms with van der Waals surface area (Å²) < 4.78 is 5.92. The normalized spacial score (nSPS) is 16.6. The molecule has 0 unspecified atom stereocenters. The number of carbonyl (C=O) groups excluding carboxylic acids is 1. The first-order valence-electron chi connectivity index (χ1n) is 7.43. The van der Waals surface area contributed by atoms with Crippen molar-refractivity contribution in [2.45, 2.75) is 38.2 Å². The SMILES string of the molecule is CN(N)/C(NC=O)=C(\N)c1ccc(OC2CCCCC2)cn1. The highest BCUT2D eigenvalue weighted by Crippen LogP contribution is 2.23. The number of pyridine rings is 1. The number of carbonyl (C=O) groups is 1. The lowest BCUT2D eigenvalue weighted by Crippen LogP contribution is -2.35. The van der Waals surface area contributed by atoms with E-state index in [-0.39, 0.29) is 6.10 Å². The third-order valence-corrected chi connectivity index (χ3v) is 3.67. The molecule has 1 aromatic rings. The van der Waals surface area contributed by atoms with E-state index in [1.807, 2.05) is 6.07 Å². The molecule has 120 valence electrons. The van der Waals surface area contributed by atoms with Crippen LogP contribution in [0.25, 0.3) is 5.70 Å². The summed E-state index contributed by atoms with van der Waals surface area (Å²) in [5.41, 5.74) is 6.81. The monoisotopic (exact) mass is 305 g/mol. The van der Waals surface area contributed by atoms with Crippen LogP contribution in [0.4, 0.5) is 0 Å². The van der Waals surface area contributed by atoms with Gasteiger partial charge in [-0.25, -0.2) is 5.84 Å². The van der Waals surface area contributed by atoms with Crippen molar-refractivity contribution >= 4 is 12.1 Å². The summed E-state index contributed by atoms with van der Waals surface area (Å²) in [4.78, 5) is 14.9. The quantitative estimate of drug-likeness (QED) is 0.410. The van der Waals surface area contributed by atoms with Gasteiger partial charge in [-0.2, -0.15) is 0 Å². The van der Waals surface area contributed by atoms with Gasteiger partial charge in [0.15, 0.2) is 0 Å². The molecule has 1 saturated carbocycles. The summed E-state index contributed by atoms with van der Waals surface area (Å²) in [6, 6.07) is 3.59. The molecular formula is C15H23N5O2. The summed E-state index contributed by atoms with van der Waals surface area (Å²) >= 11 is 0. The number of nitrogens with zero attached hydrogens (tertiary/aromatic N) is 2. The Morgan fingerprint density at radius 3 is 2.68 bits per heavy atom. The standard InChI is InChI=1S/C15H23N5O2/c1-20(17)15(19-10-21)14(16)13-8-7-12(9-18-13)22-11-5-3-2-4-6-11/h7-11H,2-6,16-17H2,1H3,(H,19,21)/b15-14-. The molecule has 5 N–H and O–H groups in total. The smallest absolute Gasteiger partial charge is 0.212 e. The van der Waals surface area contributed by atoms with Gasteiger partial charge in [0.2, 0.25) is 6.41 Å². The molecule has 0 saturated heterocycles. The van der Waals surface area contributed by atoms with Crippen LogP contribution in [0.1, 0.15) is 37.8 Å². The van der Waals surface area contributed by atoms with Crippen LogP contribution >= 0.6 is 0 Å². The van der Waals surface area contributed by atoms with Gasteiger partial charge < -0.3 is 15.8 Å². The van der Waals surface area contributed by atoms with E-state index in [4.69, 9.17) is 16.3 Å².